The summed E-state index contributed by atoms with van der Waals surface area (Å²) in [7, 11) is 0. The number of quaternary nitrogens is 1. The molecule has 0 aliphatic carbocycles. The molecule has 0 saturated carbocycles. The summed E-state index contributed by atoms with van der Waals surface area (Å²) in [5.74, 6) is -0.999. The van der Waals surface area contributed by atoms with Crippen molar-refractivity contribution in [1.82, 2.24) is 0 Å². The maximum atomic E-state index is 12.3. The van der Waals surface area contributed by atoms with Crippen molar-refractivity contribution in [3.05, 3.63) is 29.8 Å². The van der Waals surface area contributed by atoms with Crippen molar-refractivity contribution in [2.24, 2.45) is 0 Å². The number of hydrogen-bond donors (Lipinski definition) is 3. The molecule has 0 bridgehead atoms. The van der Waals surface area contributed by atoms with Gasteiger partial charge in [0.1, 0.15) is 12.3 Å². The first-order chi connectivity index (χ1) is 11.1. The highest BCUT2D eigenvalue weighted by molar-refractivity contribution is 6.39. The number of nitrogens with one attached hydrogen (secondary N) is 3. The van der Waals surface area contributed by atoms with Crippen LogP contribution in [0.2, 0.25) is 0 Å². The molecule has 3 N–H and O–H groups in total. The zero-order chi connectivity index (χ0) is 16.2. The third-order valence-corrected chi connectivity index (χ3v) is 4.53. The third-order valence-electron chi connectivity index (χ3n) is 4.53. The van der Waals surface area contributed by atoms with Gasteiger partial charge in [-0.2, -0.15) is 0 Å². The number of anilines is 1. The fraction of sp³-hybridized carbons (Fsp3) is 0.471. The van der Waals surface area contributed by atoms with E-state index < -0.39 is 11.9 Å². The monoisotopic (exact) mass is 316 g/mol. The number of rotatable bonds is 4. The van der Waals surface area contributed by atoms with E-state index in [1.165, 1.54) is 24.2 Å². The molecule has 1 atom stereocenters. The minimum atomic E-state index is -0.575. The lowest BCUT2D eigenvalue weighted by atomic mass is 9.95. The summed E-state index contributed by atoms with van der Waals surface area (Å²) in [6.45, 7) is 2.73. The molecule has 1 amide bonds. The third kappa shape index (κ3) is 3.59. The topological polar surface area (TPSA) is 83.7 Å². The molecule has 2 fully saturated rings. The van der Waals surface area contributed by atoms with E-state index in [2.05, 4.69) is 5.32 Å². The molecule has 0 unspecified atom stereocenters. The van der Waals surface area contributed by atoms with Crippen LogP contribution >= 0.6 is 0 Å². The predicted octanol–water partition coefficient (Wildman–Crippen LogP) is 0.354. The Labute approximate surface area is 135 Å². The summed E-state index contributed by atoms with van der Waals surface area (Å²) in [5, 5.41) is 10.8. The summed E-state index contributed by atoms with van der Waals surface area (Å²) in [6, 6.07) is 7.34. The molecule has 122 valence electrons. The Hall–Kier alpha value is -2.21. The Morgan fingerprint density at radius 2 is 2.00 bits per heavy atom. The fourth-order valence-corrected chi connectivity index (χ4v) is 3.27. The zero-order valence-corrected chi connectivity index (χ0v) is 13.1. The number of carbonyl (C=O) groups is 2. The van der Waals surface area contributed by atoms with Gasteiger partial charge in [-0.3, -0.25) is 10.2 Å². The van der Waals surface area contributed by atoms with Crippen molar-refractivity contribution in [2.45, 2.75) is 25.2 Å². The van der Waals surface area contributed by atoms with E-state index in [1.54, 1.807) is 0 Å². The number of benzene rings is 1. The molecular formula is C17H22N3O3+. The van der Waals surface area contributed by atoms with Gasteiger partial charge in [0.05, 0.1) is 19.0 Å². The molecule has 1 aromatic rings. The molecular weight excluding hydrogens is 294 g/mol. The number of likely N-dealkylation sites (tertiary alicyclic amines) is 1. The largest absolute Gasteiger partial charge is 0.460 e. The van der Waals surface area contributed by atoms with Crippen LogP contribution < -0.4 is 10.2 Å². The molecule has 6 heteroatoms. The lowest BCUT2D eigenvalue weighted by Crippen LogP contribution is -3.13. The van der Waals surface area contributed by atoms with E-state index in [0.717, 1.165) is 18.7 Å². The van der Waals surface area contributed by atoms with Crippen molar-refractivity contribution in [3.8, 4) is 0 Å². The normalized spacial score (nSPS) is 22.0. The molecule has 2 heterocycles. The van der Waals surface area contributed by atoms with E-state index in [-0.39, 0.29) is 18.2 Å². The second-order valence-corrected chi connectivity index (χ2v) is 6.19. The van der Waals surface area contributed by atoms with Gasteiger partial charge in [0.2, 0.25) is 0 Å². The van der Waals surface area contributed by atoms with Crippen LogP contribution in [0.15, 0.2) is 24.3 Å². The van der Waals surface area contributed by atoms with Crippen LogP contribution in [-0.2, 0) is 14.3 Å². The molecule has 0 radical (unpaired) electrons. The van der Waals surface area contributed by atoms with E-state index in [9.17, 15) is 9.59 Å². The van der Waals surface area contributed by atoms with Gasteiger partial charge in [-0.15, -0.1) is 0 Å². The summed E-state index contributed by atoms with van der Waals surface area (Å²) in [5.41, 5.74) is 1.39. The van der Waals surface area contributed by atoms with Gasteiger partial charge in [-0.25, -0.2) is 4.79 Å². The molecule has 0 spiro atoms. The number of esters is 1. The Balaban J connectivity index is 1.69. The number of piperidine rings is 1. The number of hydrogen-bond acceptors (Lipinski definition) is 4. The first-order valence-electron chi connectivity index (χ1n) is 8.13. The lowest BCUT2D eigenvalue weighted by Gasteiger charge is -2.23. The van der Waals surface area contributed by atoms with Gasteiger partial charge < -0.3 is 15.0 Å². The minimum Gasteiger partial charge on any atom is -0.460 e. The molecule has 23 heavy (non-hydrogen) atoms. The number of cyclic esters (lactones) is 1. The molecule has 2 saturated heterocycles. The second-order valence-electron chi connectivity index (χ2n) is 6.19. The van der Waals surface area contributed by atoms with Crippen LogP contribution in [0.4, 0.5) is 5.69 Å². The Bertz CT molecular complexity index is 623. The number of para-hydroxylation sites is 1. The average Bonchev–Trinajstić information content (AvgIpc) is 2.88. The van der Waals surface area contributed by atoms with Gasteiger partial charge in [-0.1, -0.05) is 18.2 Å². The minimum absolute atomic E-state index is 0.0221. The second kappa shape index (κ2) is 6.91. The van der Waals surface area contributed by atoms with Crippen LogP contribution in [0.25, 0.3) is 0 Å². The van der Waals surface area contributed by atoms with Gasteiger partial charge >= 0.3 is 5.97 Å². The summed E-state index contributed by atoms with van der Waals surface area (Å²) in [4.78, 5) is 25.0. The summed E-state index contributed by atoms with van der Waals surface area (Å²) >= 11 is 0. The first kappa shape index (κ1) is 15.7. The Kier molecular flexibility index (Phi) is 4.71. The maximum absolute atomic E-state index is 12.3. The van der Waals surface area contributed by atoms with E-state index >= 15 is 0 Å². The SMILES string of the molecule is N=C1C(=O)OC[C@H]1c1ccccc1NC(=O)C[NH+]1CCCCC1. The van der Waals surface area contributed by atoms with Crippen LogP contribution in [0.1, 0.15) is 30.7 Å². The highest BCUT2D eigenvalue weighted by Gasteiger charge is 2.33. The smallest absolute Gasteiger partial charge is 0.352 e. The van der Waals surface area contributed by atoms with Gasteiger partial charge in [0, 0.05) is 5.69 Å². The first-order valence-corrected chi connectivity index (χ1v) is 8.13. The summed E-state index contributed by atoms with van der Waals surface area (Å²) in [6.07, 6.45) is 3.61. The Morgan fingerprint density at radius 3 is 2.70 bits per heavy atom. The number of ether oxygens (including phenoxy) is 1. The molecule has 0 aromatic heterocycles. The zero-order valence-electron chi connectivity index (χ0n) is 13.1. The van der Waals surface area contributed by atoms with Crippen molar-refractivity contribution >= 4 is 23.3 Å². The van der Waals surface area contributed by atoms with Crippen LogP contribution in [0, 0.1) is 5.41 Å². The fourth-order valence-electron chi connectivity index (χ4n) is 3.27. The maximum Gasteiger partial charge on any atom is 0.352 e. The molecule has 2 aliphatic heterocycles. The quantitative estimate of drug-likeness (QED) is 0.701. The van der Waals surface area contributed by atoms with E-state index in [4.69, 9.17) is 10.1 Å². The lowest BCUT2D eigenvalue weighted by molar-refractivity contribution is -0.896. The van der Waals surface area contributed by atoms with Gasteiger partial charge in [0.25, 0.3) is 5.91 Å². The molecule has 6 nitrogen and oxygen atoms in total. The number of carbonyl (C=O) groups excluding carboxylic acids is 2. The van der Waals surface area contributed by atoms with Crippen LogP contribution in [0.3, 0.4) is 0 Å². The van der Waals surface area contributed by atoms with Crippen molar-refractivity contribution in [3.63, 3.8) is 0 Å². The van der Waals surface area contributed by atoms with E-state index in [0.29, 0.717) is 12.2 Å². The van der Waals surface area contributed by atoms with Gasteiger partial charge in [0.15, 0.2) is 6.54 Å². The highest BCUT2D eigenvalue weighted by Crippen LogP contribution is 2.29. The van der Waals surface area contributed by atoms with Crippen LogP contribution in [-0.4, -0.2) is 43.8 Å². The number of amides is 1. The van der Waals surface area contributed by atoms with Crippen LogP contribution in [0.5, 0.6) is 0 Å². The highest BCUT2D eigenvalue weighted by atomic mass is 16.5. The standard InChI is InChI=1S/C17H21N3O3/c18-16-13(11-23-17(16)22)12-6-2-3-7-14(12)19-15(21)10-20-8-4-1-5-9-20/h2-3,6-7,13,18H,1,4-5,8-11H2,(H,19,21)/p+1/t13-/m0/s1. The van der Waals surface area contributed by atoms with Crippen molar-refractivity contribution in [2.75, 3.05) is 31.6 Å². The molecule has 1 aromatic carbocycles. The van der Waals surface area contributed by atoms with E-state index in [1.807, 2.05) is 24.3 Å². The Morgan fingerprint density at radius 1 is 1.26 bits per heavy atom. The summed E-state index contributed by atoms with van der Waals surface area (Å²) < 4.78 is 4.93. The molecule has 3 rings (SSSR count). The predicted molar refractivity (Wildman–Crippen MR) is 85.9 cm³/mol. The van der Waals surface area contributed by atoms with Crippen molar-refractivity contribution < 1.29 is 19.2 Å². The average molecular weight is 316 g/mol. The van der Waals surface area contributed by atoms with Gasteiger partial charge in [-0.05, 0) is 30.9 Å². The van der Waals surface area contributed by atoms with Crippen molar-refractivity contribution in [1.29, 1.82) is 5.41 Å². The molecule has 2 aliphatic rings.